The van der Waals surface area contributed by atoms with Gasteiger partial charge < -0.3 is 19.9 Å². The molecule has 2 saturated heterocycles. The number of hydrogen-bond acceptors (Lipinski definition) is 6. The van der Waals surface area contributed by atoms with Crippen molar-refractivity contribution >= 4 is 29.4 Å². The number of ether oxygens (including phenoxy) is 1. The summed E-state index contributed by atoms with van der Waals surface area (Å²) >= 11 is 0. The van der Waals surface area contributed by atoms with E-state index in [1.807, 2.05) is 32.0 Å². The highest BCUT2D eigenvalue weighted by Crippen LogP contribution is 2.31. The van der Waals surface area contributed by atoms with Gasteiger partial charge in [0.05, 0.1) is 12.2 Å². The molecule has 0 aromatic heterocycles. The Morgan fingerprint density at radius 1 is 1.00 bits per heavy atom. The van der Waals surface area contributed by atoms with Gasteiger partial charge in [-0.25, -0.2) is 4.79 Å². The Kier molecular flexibility index (Phi) is 7.67. The molecule has 0 spiro atoms. The average Bonchev–Trinajstić information content (AvgIpc) is 3.68. The van der Waals surface area contributed by atoms with Crippen molar-refractivity contribution in [2.45, 2.75) is 45.2 Å². The number of carbonyl (C=O) groups excluding carboxylic acids is 4. The molecule has 0 saturated carbocycles. The summed E-state index contributed by atoms with van der Waals surface area (Å²) in [7, 11) is 0. The zero-order valence-corrected chi connectivity index (χ0v) is 22.3. The summed E-state index contributed by atoms with van der Waals surface area (Å²) < 4.78 is 5.42. The van der Waals surface area contributed by atoms with Crippen LogP contribution in [0.4, 0.5) is 10.5 Å². The third-order valence-corrected chi connectivity index (χ3v) is 7.38. The van der Waals surface area contributed by atoms with E-state index in [9.17, 15) is 19.2 Å². The maximum Gasteiger partial charge on any atom is 0.419 e. The first-order valence-electron chi connectivity index (χ1n) is 13.6. The van der Waals surface area contributed by atoms with Crippen molar-refractivity contribution in [3.63, 3.8) is 0 Å². The molecule has 2 atom stereocenters. The Balaban J connectivity index is 1.26. The molecule has 5 rings (SSSR count). The summed E-state index contributed by atoms with van der Waals surface area (Å²) in [6, 6.07) is 14.4. The maximum atomic E-state index is 13.7. The molecule has 3 aliphatic rings. The number of amides is 3. The van der Waals surface area contributed by atoms with Gasteiger partial charge in [-0.05, 0) is 67.7 Å². The normalized spacial score (nSPS) is 19.3. The highest BCUT2D eigenvalue weighted by molar-refractivity contribution is 6.02. The number of benzene rings is 2. The van der Waals surface area contributed by atoms with E-state index in [4.69, 9.17) is 4.74 Å². The Labute approximate surface area is 228 Å². The summed E-state index contributed by atoms with van der Waals surface area (Å²) in [6.45, 7) is 6.00. The number of fused-ring (bicyclic) bond motifs is 1. The second-order valence-electron chi connectivity index (χ2n) is 10.7. The molecule has 9 heteroatoms. The summed E-state index contributed by atoms with van der Waals surface area (Å²) in [6.07, 6.45) is 3.81. The van der Waals surface area contributed by atoms with Crippen LogP contribution >= 0.6 is 0 Å². The molecule has 2 aromatic rings. The van der Waals surface area contributed by atoms with E-state index in [1.165, 1.54) is 22.6 Å². The monoisotopic (exact) mass is 530 g/mol. The number of rotatable bonds is 7. The van der Waals surface area contributed by atoms with Crippen LogP contribution in [0, 0.1) is 5.92 Å². The third kappa shape index (κ3) is 5.67. The van der Waals surface area contributed by atoms with E-state index >= 15 is 0 Å². The summed E-state index contributed by atoms with van der Waals surface area (Å²) in [5.74, 6) is -0.431. The van der Waals surface area contributed by atoms with Crippen LogP contribution in [0.25, 0.3) is 0 Å². The predicted octanol–water partition coefficient (Wildman–Crippen LogP) is 3.61. The first kappa shape index (κ1) is 26.5. The van der Waals surface area contributed by atoms with Crippen molar-refractivity contribution in [3.8, 4) is 5.75 Å². The average molecular weight is 531 g/mol. The minimum Gasteiger partial charge on any atom is -0.410 e. The van der Waals surface area contributed by atoms with Gasteiger partial charge in [0.15, 0.2) is 5.78 Å². The summed E-state index contributed by atoms with van der Waals surface area (Å²) in [5, 5.41) is 2.91. The summed E-state index contributed by atoms with van der Waals surface area (Å²) in [5.41, 5.74) is 2.01. The van der Waals surface area contributed by atoms with Gasteiger partial charge in [0.1, 0.15) is 17.8 Å². The van der Waals surface area contributed by atoms with Crippen LogP contribution in [-0.4, -0.2) is 71.8 Å². The zero-order chi connectivity index (χ0) is 27.5. The molecule has 9 nitrogen and oxygen atoms in total. The Hall–Kier alpha value is -4.14. The Morgan fingerprint density at radius 2 is 1.69 bits per heavy atom. The van der Waals surface area contributed by atoms with Crippen LogP contribution in [-0.2, 0) is 9.59 Å². The molecular formula is C30H34N4O5. The Morgan fingerprint density at radius 3 is 2.36 bits per heavy atom. The van der Waals surface area contributed by atoms with Gasteiger partial charge in [-0.1, -0.05) is 32.0 Å². The quantitative estimate of drug-likeness (QED) is 0.587. The number of Topliss-reactive ketones (excluding diaryl/α,β-unsaturated/α-hetero) is 1. The van der Waals surface area contributed by atoms with Gasteiger partial charge in [-0.15, -0.1) is 0 Å². The van der Waals surface area contributed by atoms with Crippen molar-refractivity contribution in [1.82, 2.24) is 15.1 Å². The molecule has 0 aliphatic carbocycles. The lowest BCUT2D eigenvalue weighted by atomic mass is 10.0. The van der Waals surface area contributed by atoms with Crippen LogP contribution in [0.1, 0.15) is 43.5 Å². The molecule has 3 amide bonds. The minimum atomic E-state index is -0.868. The van der Waals surface area contributed by atoms with E-state index in [0.717, 1.165) is 18.8 Å². The molecule has 0 bridgehead atoms. The van der Waals surface area contributed by atoms with Crippen molar-refractivity contribution < 1.29 is 23.9 Å². The zero-order valence-electron chi connectivity index (χ0n) is 22.3. The van der Waals surface area contributed by atoms with E-state index in [1.54, 1.807) is 42.5 Å². The number of ketones is 1. The van der Waals surface area contributed by atoms with E-state index in [0.29, 0.717) is 23.4 Å². The van der Waals surface area contributed by atoms with Gasteiger partial charge in [-0.2, -0.15) is 0 Å². The number of nitrogens with zero attached hydrogens (tertiary/aromatic N) is 3. The lowest BCUT2D eigenvalue weighted by Gasteiger charge is -2.28. The van der Waals surface area contributed by atoms with E-state index in [-0.39, 0.29) is 36.6 Å². The van der Waals surface area contributed by atoms with Gasteiger partial charge >= 0.3 is 6.09 Å². The Bertz CT molecular complexity index is 1270. The van der Waals surface area contributed by atoms with Crippen LogP contribution < -0.4 is 15.0 Å². The molecule has 2 unspecified atom stereocenters. The highest BCUT2D eigenvalue weighted by atomic mass is 16.6. The van der Waals surface area contributed by atoms with E-state index in [2.05, 4.69) is 10.2 Å². The third-order valence-electron chi connectivity index (χ3n) is 7.38. The van der Waals surface area contributed by atoms with Crippen LogP contribution in [0.3, 0.4) is 0 Å². The SMILES string of the molecule is CC(C)CC(NC(=O)c1ccc(N2CCCC2)cc1)C(=O)N1CC=C2C1C(=O)CN2C(=O)Oc1ccccc1. The van der Waals surface area contributed by atoms with Gasteiger partial charge in [0, 0.05) is 30.9 Å². The molecular weight excluding hydrogens is 496 g/mol. The smallest absolute Gasteiger partial charge is 0.410 e. The molecule has 204 valence electrons. The maximum absolute atomic E-state index is 13.7. The summed E-state index contributed by atoms with van der Waals surface area (Å²) in [4.78, 5) is 57.7. The largest absolute Gasteiger partial charge is 0.419 e. The number of anilines is 1. The fourth-order valence-corrected chi connectivity index (χ4v) is 5.46. The number of carbonyl (C=O) groups is 4. The molecule has 3 heterocycles. The molecule has 3 aliphatic heterocycles. The first-order valence-corrected chi connectivity index (χ1v) is 13.6. The van der Waals surface area contributed by atoms with Crippen molar-refractivity contribution in [2.75, 3.05) is 31.1 Å². The van der Waals surface area contributed by atoms with Crippen LogP contribution in [0.2, 0.25) is 0 Å². The second-order valence-corrected chi connectivity index (χ2v) is 10.7. The molecule has 1 N–H and O–H groups in total. The molecule has 39 heavy (non-hydrogen) atoms. The van der Waals surface area contributed by atoms with Crippen LogP contribution in [0.5, 0.6) is 5.75 Å². The number of para-hydroxylation sites is 1. The number of nitrogens with one attached hydrogen (secondary N) is 1. The molecule has 0 radical (unpaired) electrons. The molecule has 2 aromatic carbocycles. The fourth-order valence-electron chi connectivity index (χ4n) is 5.46. The lowest BCUT2D eigenvalue weighted by Crippen LogP contribution is -2.52. The predicted molar refractivity (Wildman–Crippen MR) is 146 cm³/mol. The van der Waals surface area contributed by atoms with Gasteiger partial charge in [0.2, 0.25) is 5.91 Å². The minimum absolute atomic E-state index is 0.128. The standard InChI is InChI=1S/C30H34N4O5/c1-20(2)18-24(31-28(36)21-10-12-22(13-11-21)32-15-6-7-16-32)29(37)33-17-14-25-27(33)26(35)19-34(25)30(38)39-23-8-4-3-5-9-23/h3-5,8-14,20,24,27H,6-7,15-19H2,1-2H3,(H,31,36). The van der Waals surface area contributed by atoms with Crippen LogP contribution in [0.15, 0.2) is 66.4 Å². The highest BCUT2D eigenvalue weighted by Gasteiger charge is 2.48. The number of likely N-dealkylation sites (tertiary alicyclic amines) is 1. The van der Waals surface area contributed by atoms with E-state index < -0.39 is 18.2 Å². The first-order chi connectivity index (χ1) is 18.8. The molecule has 2 fully saturated rings. The lowest BCUT2D eigenvalue weighted by molar-refractivity contribution is -0.137. The number of hydrogen-bond donors (Lipinski definition) is 1. The topological polar surface area (TPSA) is 99.3 Å². The van der Waals surface area contributed by atoms with Crippen molar-refractivity contribution in [3.05, 3.63) is 71.9 Å². The fraction of sp³-hybridized carbons (Fsp3) is 0.400. The van der Waals surface area contributed by atoms with Gasteiger partial charge in [-0.3, -0.25) is 19.3 Å². The van der Waals surface area contributed by atoms with Crippen molar-refractivity contribution in [2.24, 2.45) is 5.92 Å². The van der Waals surface area contributed by atoms with Gasteiger partial charge in [0.25, 0.3) is 5.91 Å². The second kappa shape index (κ2) is 11.3. The van der Waals surface area contributed by atoms with Crippen molar-refractivity contribution in [1.29, 1.82) is 0 Å².